The number of carboxylic acids is 2. The van der Waals surface area contributed by atoms with Gasteiger partial charge in [-0.1, -0.05) is 27.7 Å². The number of nitrogens with two attached hydrogens (primary N) is 3. The summed E-state index contributed by atoms with van der Waals surface area (Å²) in [6, 6.07) is -4.48. The summed E-state index contributed by atoms with van der Waals surface area (Å²) in [6.07, 6.45) is -0.0449. The van der Waals surface area contributed by atoms with Gasteiger partial charge < -0.3 is 43.4 Å². The van der Waals surface area contributed by atoms with E-state index in [9.17, 15) is 29.1 Å². The molecule has 11 N–H and O–H groups in total. The van der Waals surface area contributed by atoms with Crippen LogP contribution in [0.2, 0.25) is 0 Å². The van der Waals surface area contributed by atoms with Crippen LogP contribution in [0.5, 0.6) is 0 Å². The molecular formula is C21H39N7O7. The van der Waals surface area contributed by atoms with Crippen molar-refractivity contribution in [2.24, 2.45) is 34.0 Å². The molecule has 0 aromatic heterocycles. The lowest BCUT2D eigenvalue weighted by molar-refractivity contribution is -0.143. The summed E-state index contributed by atoms with van der Waals surface area (Å²) in [5.74, 6) is -5.33. The molecule has 35 heavy (non-hydrogen) atoms. The average Bonchev–Trinajstić information content (AvgIpc) is 2.74. The Balaban J connectivity index is 5.28. The third-order valence-electron chi connectivity index (χ3n) is 5.06. The van der Waals surface area contributed by atoms with Gasteiger partial charge in [0.1, 0.15) is 18.1 Å². The molecule has 0 bridgehead atoms. The second-order valence-corrected chi connectivity index (χ2v) is 8.85. The normalized spacial score (nSPS) is 14.4. The van der Waals surface area contributed by atoms with Gasteiger partial charge in [0.05, 0.1) is 6.04 Å². The summed E-state index contributed by atoms with van der Waals surface area (Å²) < 4.78 is 0. The molecule has 0 radical (unpaired) electrons. The maximum absolute atomic E-state index is 12.9. The number of aliphatic imine (C=N–C) groups is 1. The van der Waals surface area contributed by atoms with Crippen LogP contribution in [0.3, 0.4) is 0 Å². The Morgan fingerprint density at radius 1 is 0.800 bits per heavy atom. The van der Waals surface area contributed by atoms with Crippen molar-refractivity contribution >= 4 is 35.6 Å². The lowest BCUT2D eigenvalue weighted by atomic mass is 9.98. The van der Waals surface area contributed by atoms with Crippen LogP contribution < -0.4 is 33.2 Å². The molecule has 3 amide bonds. The van der Waals surface area contributed by atoms with Crippen LogP contribution in [-0.4, -0.2) is 76.5 Å². The minimum atomic E-state index is -1.25. The Morgan fingerprint density at radius 3 is 1.71 bits per heavy atom. The number of rotatable bonds is 16. The number of hydrogen-bond donors (Lipinski definition) is 8. The summed E-state index contributed by atoms with van der Waals surface area (Å²) in [5.41, 5.74) is 16.2. The second kappa shape index (κ2) is 15.5. The Labute approximate surface area is 204 Å². The molecule has 14 heteroatoms. The van der Waals surface area contributed by atoms with Crippen molar-refractivity contribution in [2.75, 3.05) is 6.54 Å². The summed E-state index contributed by atoms with van der Waals surface area (Å²) in [4.78, 5) is 64.1. The highest BCUT2D eigenvalue weighted by atomic mass is 16.4. The largest absolute Gasteiger partial charge is 0.481 e. The van der Waals surface area contributed by atoms with E-state index in [-0.39, 0.29) is 37.7 Å². The third-order valence-corrected chi connectivity index (χ3v) is 5.06. The van der Waals surface area contributed by atoms with Gasteiger partial charge in [0.2, 0.25) is 17.7 Å². The van der Waals surface area contributed by atoms with Gasteiger partial charge in [-0.15, -0.1) is 0 Å². The zero-order valence-corrected chi connectivity index (χ0v) is 20.6. The molecule has 0 rings (SSSR count). The maximum atomic E-state index is 12.9. The molecular weight excluding hydrogens is 462 g/mol. The first-order valence-electron chi connectivity index (χ1n) is 11.3. The van der Waals surface area contributed by atoms with Crippen LogP contribution in [0.15, 0.2) is 4.99 Å². The molecule has 0 aliphatic heterocycles. The van der Waals surface area contributed by atoms with Crippen molar-refractivity contribution < 1.29 is 34.2 Å². The fourth-order valence-electron chi connectivity index (χ4n) is 3.01. The van der Waals surface area contributed by atoms with Gasteiger partial charge in [0, 0.05) is 13.0 Å². The van der Waals surface area contributed by atoms with Crippen molar-refractivity contribution in [1.29, 1.82) is 0 Å². The topological polar surface area (TPSA) is 252 Å². The zero-order chi connectivity index (χ0) is 27.3. The number of nitrogens with zero attached hydrogens (tertiary/aromatic N) is 1. The summed E-state index contributed by atoms with van der Waals surface area (Å²) in [6.45, 7) is 6.88. The SMILES string of the molecule is CC(C)C(NC(=O)C(N)CCC(=O)O)C(=O)NC(C(=O)NC(CCCN=C(N)N)C(=O)O)C(C)C. The van der Waals surface area contributed by atoms with Crippen LogP contribution >= 0.6 is 0 Å². The van der Waals surface area contributed by atoms with Crippen molar-refractivity contribution in [2.45, 2.75) is 77.5 Å². The number of guanidine groups is 1. The van der Waals surface area contributed by atoms with E-state index in [0.717, 1.165) is 0 Å². The Kier molecular flexibility index (Phi) is 14.0. The molecule has 0 aromatic carbocycles. The highest BCUT2D eigenvalue weighted by Gasteiger charge is 2.33. The highest BCUT2D eigenvalue weighted by Crippen LogP contribution is 2.09. The monoisotopic (exact) mass is 501 g/mol. The van der Waals surface area contributed by atoms with E-state index in [1.165, 1.54) is 0 Å². The predicted octanol–water partition coefficient (Wildman–Crippen LogP) is -1.92. The first-order chi connectivity index (χ1) is 16.2. The number of carbonyl (C=O) groups is 5. The minimum Gasteiger partial charge on any atom is -0.481 e. The van der Waals surface area contributed by atoms with Crippen molar-refractivity contribution in [1.82, 2.24) is 16.0 Å². The second-order valence-electron chi connectivity index (χ2n) is 8.85. The lowest BCUT2D eigenvalue weighted by Crippen LogP contribution is -2.59. The number of hydrogen-bond acceptors (Lipinski definition) is 7. The molecule has 4 unspecified atom stereocenters. The van der Waals surface area contributed by atoms with Gasteiger partial charge in [-0.25, -0.2) is 4.79 Å². The fourth-order valence-corrected chi connectivity index (χ4v) is 3.01. The first-order valence-corrected chi connectivity index (χ1v) is 11.3. The fraction of sp³-hybridized carbons (Fsp3) is 0.714. The maximum Gasteiger partial charge on any atom is 0.326 e. The third kappa shape index (κ3) is 12.6. The quantitative estimate of drug-likeness (QED) is 0.0661. The van der Waals surface area contributed by atoms with Crippen LogP contribution in [0.4, 0.5) is 0 Å². The van der Waals surface area contributed by atoms with Crippen LogP contribution in [0.1, 0.15) is 53.4 Å². The van der Waals surface area contributed by atoms with Gasteiger partial charge in [-0.05, 0) is 31.1 Å². The average molecular weight is 502 g/mol. The van der Waals surface area contributed by atoms with Gasteiger partial charge >= 0.3 is 11.9 Å². The smallest absolute Gasteiger partial charge is 0.326 e. The molecule has 0 saturated heterocycles. The van der Waals surface area contributed by atoms with Gasteiger partial charge in [0.15, 0.2) is 5.96 Å². The number of carboxylic acid groups (broad SMARTS) is 2. The lowest BCUT2D eigenvalue weighted by Gasteiger charge is -2.28. The molecule has 0 spiro atoms. The number of carbonyl (C=O) groups excluding carboxylic acids is 3. The van der Waals surface area contributed by atoms with Crippen LogP contribution in [-0.2, 0) is 24.0 Å². The first kappa shape index (κ1) is 31.6. The van der Waals surface area contributed by atoms with Crippen LogP contribution in [0, 0.1) is 11.8 Å². The molecule has 0 heterocycles. The van der Waals surface area contributed by atoms with Gasteiger partial charge in [-0.3, -0.25) is 24.2 Å². The molecule has 4 atom stereocenters. The number of amides is 3. The Morgan fingerprint density at radius 2 is 1.29 bits per heavy atom. The summed E-state index contributed by atoms with van der Waals surface area (Å²) in [7, 11) is 0. The highest BCUT2D eigenvalue weighted by molar-refractivity contribution is 5.94. The molecule has 200 valence electrons. The predicted molar refractivity (Wildman–Crippen MR) is 128 cm³/mol. The Hall–Kier alpha value is -3.42. The van der Waals surface area contributed by atoms with Gasteiger partial charge in [-0.2, -0.15) is 0 Å². The molecule has 0 fully saturated rings. The van der Waals surface area contributed by atoms with Gasteiger partial charge in [0.25, 0.3) is 0 Å². The van der Waals surface area contributed by atoms with Crippen LogP contribution in [0.25, 0.3) is 0 Å². The van der Waals surface area contributed by atoms with Crippen molar-refractivity contribution in [3.63, 3.8) is 0 Å². The van der Waals surface area contributed by atoms with E-state index in [4.69, 9.17) is 22.3 Å². The van der Waals surface area contributed by atoms with E-state index >= 15 is 0 Å². The van der Waals surface area contributed by atoms with E-state index in [1.54, 1.807) is 27.7 Å². The van der Waals surface area contributed by atoms with E-state index in [1.807, 2.05) is 0 Å². The molecule has 0 aliphatic rings. The van der Waals surface area contributed by atoms with Crippen molar-refractivity contribution in [3.8, 4) is 0 Å². The van der Waals surface area contributed by atoms with E-state index in [0.29, 0.717) is 6.42 Å². The van der Waals surface area contributed by atoms with Crippen molar-refractivity contribution in [3.05, 3.63) is 0 Å². The number of aliphatic carboxylic acids is 2. The van der Waals surface area contributed by atoms with E-state index in [2.05, 4.69) is 20.9 Å². The summed E-state index contributed by atoms with van der Waals surface area (Å²) in [5, 5.41) is 25.7. The molecule has 0 saturated carbocycles. The molecule has 0 aliphatic carbocycles. The minimum absolute atomic E-state index is 0.0650. The standard InChI is InChI=1S/C21H39N7O7/c1-10(2)15(18(32)26-13(20(34)35)6-5-9-25-21(23)24)28-19(33)16(11(3)4)27-17(31)12(22)7-8-14(29)30/h10-13,15-16H,5-9,22H2,1-4H3,(H,26,32)(H,27,31)(H,28,33)(H,29,30)(H,34,35)(H4,23,24,25). The number of nitrogens with one attached hydrogen (secondary N) is 3. The molecule has 0 aromatic rings. The zero-order valence-electron chi connectivity index (χ0n) is 20.6. The van der Waals surface area contributed by atoms with E-state index < -0.39 is 59.7 Å². The Bertz CT molecular complexity index is 782. The summed E-state index contributed by atoms with van der Waals surface area (Å²) >= 11 is 0. The molecule has 14 nitrogen and oxygen atoms in total.